The van der Waals surface area contributed by atoms with Gasteiger partial charge in [-0.1, -0.05) is 23.8 Å². The van der Waals surface area contributed by atoms with Gasteiger partial charge in [-0.15, -0.1) is 0 Å². The summed E-state index contributed by atoms with van der Waals surface area (Å²) in [5, 5.41) is 24.2. The van der Waals surface area contributed by atoms with Gasteiger partial charge in [0.25, 0.3) is 0 Å². The van der Waals surface area contributed by atoms with E-state index in [0.29, 0.717) is 31.4 Å². The van der Waals surface area contributed by atoms with Crippen molar-refractivity contribution >= 4 is 11.8 Å². The van der Waals surface area contributed by atoms with Gasteiger partial charge < -0.3 is 20.8 Å². The number of aliphatic hydroxyl groups excluding tert-OH is 1. The lowest BCUT2D eigenvalue weighted by Gasteiger charge is -2.30. The molecule has 0 saturated carbocycles. The molecule has 1 saturated heterocycles. The molecular formula is C18H20N2O4. The number of carbonyl (C=O) groups is 2. The highest BCUT2D eigenvalue weighted by atomic mass is 16.3. The second-order valence-corrected chi connectivity index (χ2v) is 6.18. The van der Waals surface area contributed by atoms with Crippen molar-refractivity contribution in [1.29, 1.82) is 0 Å². The molecule has 3 rings (SSSR count). The Morgan fingerprint density at radius 3 is 2.08 bits per heavy atom. The molecule has 2 aliphatic rings. The minimum atomic E-state index is -0.609. The number of hydrogen-bond acceptors (Lipinski definition) is 4. The number of phenolic OH excluding ortho intramolecular Hbond substituents is 1. The van der Waals surface area contributed by atoms with E-state index in [1.165, 1.54) is 0 Å². The molecule has 126 valence electrons. The van der Waals surface area contributed by atoms with E-state index in [1.54, 1.807) is 36.4 Å². The zero-order valence-corrected chi connectivity index (χ0v) is 13.2. The third-order valence-electron chi connectivity index (χ3n) is 4.32. The van der Waals surface area contributed by atoms with Gasteiger partial charge in [0.05, 0.1) is 5.76 Å². The molecule has 1 aromatic carbocycles. The van der Waals surface area contributed by atoms with Crippen LogP contribution in [-0.4, -0.2) is 34.1 Å². The first kappa shape index (κ1) is 16.1. The van der Waals surface area contributed by atoms with Crippen molar-refractivity contribution in [3.63, 3.8) is 0 Å². The first-order valence-corrected chi connectivity index (χ1v) is 7.97. The molecule has 6 heteroatoms. The Hall–Kier alpha value is -2.76. The van der Waals surface area contributed by atoms with Crippen LogP contribution in [0.3, 0.4) is 0 Å². The number of rotatable bonds is 4. The van der Waals surface area contributed by atoms with Crippen LogP contribution in [-0.2, 0) is 16.0 Å². The fourth-order valence-electron chi connectivity index (χ4n) is 2.93. The number of benzene rings is 1. The van der Waals surface area contributed by atoms with Crippen molar-refractivity contribution in [1.82, 2.24) is 10.6 Å². The van der Waals surface area contributed by atoms with Gasteiger partial charge in [-0.3, -0.25) is 9.59 Å². The van der Waals surface area contributed by atoms with E-state index >= 15 is 0 Å². The van der Waals surface area contributed by atoms with Gasteiger partial charge in [0.15, 0.2) is 0 Å². The number of amides is 2. The van der Waals surface area contributed by atoms with Crippen molar-refractivity contribution in [2.45, 2.75) is 37.8 Å². The fourth-order valence-corrected chi connectivity index (χ4v) is 2.93. The molecule has 0 radical (unpaired) electrons. The van der Waals surface area contributed by atoms with Crippen LogP contribution in [0, 0.1) is 0 Å². The van der Waals surface area contributed by atoms with Gasteiger partial charge in [0, 0.05) is 12.8 Å². The van der Waals surface area contributed by atoms with E-state index in [1.807, 2.05) is 0 Å². The molecule has 0 bridgehead atoms. The van der Waals surface area contributed by atoms with Crippen LogP contribution in [0.15, 0.2) is 47.7 Å². The van der Waals surface area contributed by atoms with Crippen molar-refractivity contribution in [2.75, 3.05) is 0 Å². The maximum absolute atomic E-state index is 12.3. The van der Waals surface area contributed by atoms with Crippen molar-refractivity contribution < 1.29 is 19.8 Å². The Balaban J connectivity index is 1.61. The fraction of sp³-hybridized carbons (Fsp3) is 0.333. The van der Waals surface area contributed by atoms with Gasteiger partial charge in [-0.05, 0) is 36.6 Å². The Morgan fingerprint density at radius 1 is 0.875 bits per heavy atom. The van der Waals surface area contributed by atoms with Gasteiger partial charge in [0.1, 0.15) is 17.8 Å². The lowest BCUT2D eigenvalue weighted by Crippen LogP contribution is -2.62. The molecule has 2 unspecified atom stereocenters. The number of hydrogen-bond donors (Lipinski definition) is 4. The number of piperazine rings is 1. The second-order valence-electron chi connectivity index (χ2n) is 6.18. The number of allylic oxidation sites excluding steroid dienone is 3. The van der Waals surface area contributed by atoms with E-state index < -0.39 is 12.1 Å². The normalized spacial score (nSPS) is 23.8. The van der Waals surface area contributed by atoms with E-state index in [4.69, 9.17) is 0 Å². The summed E-state index contributed by atoms with van der Waals surface area (Å²) in [7, 11) is 0. The summed E-state index contributed by atoms with van der Waals surface area (Å²) in [6, 6.07) is 5.38. The monoisotopic (exact) mass is 328 g/mol. The molecule has 24 heavy (non-hydrogen) atoms. The summed E-state index contributed by atoms with van der Waals surface area (Å²) in [6.07, 6.45) is 5.53. The van der Waals surface area contributed by atoms with Crippen LogP contribution < -0.4 is 10.6 Å². The van der Waals surface area contributed by atoms with Crippen LogP contribution in [0.1, 0.15) is 24.8 Å². The highest BCUT2D eigenvalue weighted by Crippen LogP contribution is 2.21. The Bertz CT molecular complexity index is 706. The van der Waals surface area contributed by atoms with E-state index in [2.05, 4.69) is 10.6 Å². The molecule has 1 aliphatic carbocycles. The first-order valence-electron chi connectivity index (χ1n) is 7.97. The molecule has 1 aromatic rings. The quantitative estimate of drug-likeness (QED) is 0.673. The lowest BCUT2D eigenvalue weighted by atomic mass is 9.94. The third kappa shape index (κ3) is 3.76. The summed E-state index contributed by atoms with van der Waals surface area (Å²) in [4.78, 5) is 24.5. The number of phenols is 1. The standard InChI is InChI=1S/C18H20N2O4/c21-13-5-1-11(2-6-13)9-15-17(23)20-16(18(24)19-15)10-12-3-7-14(22)8-4-12/h1-3,5-7,15-16,21-22H,4,8-10H2,(H,19,24)(H,20,23). The van der Waals surface area contributed by atoms with Gasteiger partial charge in [0.2, 0.25) is 11.8 Å². The van der Waals surface area contributed by atoms with Gasteiger partial charge >= 0.3 is 0 Å². The predicted molar refractivity (Wildman–Crippen MR) is 88.3 cm³/mol. The zero-order valence-electron chi connectivity index (χ0n) is 13.2. The molecule has 1 aliphatic heterocycles. The number of carbonyl (C=O) groups excluding carboxylic acids is 2. The van der Waals surface area contributed by atoms with E-state index in [0.717, 1.165) is 11.1 Å². The SMILES string of the molecule is O=C1NC(Cc2ccc(O)cc2)C(=O)NC1CC1=CC=C(O)CC1. The maximum atomic E-state index is 12.3. The molecule has 4 N–H and O–H groups in total. The molecule has 2 atom stereocenters. The molecule has 0 spiro atoms. The Morgan fingerprint density at radius 2 is 1.50 bits per heavy atom. The highest BCUT2D eigenvalue weighted by molar-refractivity contribution is 5.97. The first-order chi connectivity index (χ1) is 11.5. The summed E-state index contributed by atoms with van der Waals surface area (Å²) in [5.41, 5.74) is 1.90. The molecule has 1 fully saturated rings. The average molecular weight is 328 g/mol. The summed E-state index contributed by atoms with van der Waals surface area (Å²) in [5.74, 6) is 0.0992. The van der Waals surface area contributed by atoms with E-state index in [9.17, 15) is 19.8 Å². The van der Waals surface area contributed by atoms with Gasteiger partial charge in [-0.25, -0.2) is 0 Å². The summed E-state index contributed by atoms with van der Waals surface area (Å²) in [6.45, 7) is 0. The molecule has 1 heterocycles. The highest BCUT2D eigenvalue weighted by Gasteiger charge is 2.33. The lowest BCUT2D eigenvalue weighted by molar-refractivity contribution is -0.136. The number of aromatic hydroxyl groups is 1. The average Bonchev–Trinajstić information content (AvgIpc) is 2.56. The summed E-state index contributed by atoms with van der Waals surface area (Å²) >= 11 is 0. The van der Waals surface area contributed by atoms with Crippen molar-refractivity contribution in [3.05, 3.63) is 53.3 Å². The second kappa shape index (κ2) is 6.78. The van der Waals surface area contributed by atoms with Crippen LogP contribution in [0.2, 0.25) is 0 Å². The molecular weight excluding hydrogens is 308 g/mol. The minimum absolute atomic E-state index is 0.164. The van der Waals surface area contributed by atoms with Crippen molar-refractivity contribution in [2.24, 2.45) is 0 Å². The molecule has 2 amide bonds. The van der Waals surface area contributed by atoms with E-state index in [-0.39, 0.29) is 17.6 Å². The minimum Gasteiger partial charge on any atom is -0.512 e. The molecule has 6 nitrogen and oxygen atoms in total. The van der Waals surface area contributed by atoms with Crippen LogP contribution in [0.4, 0.5) is 0 Å². The third-order valence-corrected chi connectivity index (χ3v) is 4.32. The predicted octanol–water partition coefficient (Wildman–Crippen LogP) is 1.47. The van der Waals surface area contributed by atoms with Crippen LogP contribution in [0.25, 0.3) is 0 Å². The number of aliphatic hydroxyl groups is 1. The Kier molecular flexibility index (Phi) is 4.55. The topological polar surface area (TPSA) is 98.7 Å². The largest absolute Gasteiger partial charge is 0.512 e. The molecule has 0 aromatic heterocycles. The van der Waals surface area contributed by atoms with Crippen LogP contribution >= 0.6 is 0 Å². The summed E-state index contributed by atoms with van der Waals surface area (Å²) < 4.78 is 0. The Labute approximate surface area is 139 Å². The number of nitrogens with one attached hydrogen (secondary N) is 2. The van der Waals surface area contributed by atoms with Crippen molar-refractivity contribution in [3.8, 4) is 5.75 Å². The maximum Gasteiger partial charge on any atom is 0.243 e. The van der Waals surface area contributed by atoms with Crippen LogP contribution in [0.5, 0.6) is 5.75 Å². The van der Waals surface area contributed by atoms with Gasteiger partial charge in [-0.2, -0.15) is 0 Å². The zero-order chi connectivity index (χ0) is 17.1. The smallest absolute Gasteiger partial charge is 0.243 e.